The Morgan fingerprint density at radius 3 is 2.62 bits per heavy atom. The van der Waals surface area contributed by atoms with Crippen molar-refractivity contribution >= 4 is 33.7 Å². The molecular formula is C19H18N2. The summed E-state index contributed by atoms with van der Waals surface area (Å²) >= 11 is 0. The van der Waals surface area contributed by atoms with Crippen LogP contribution in [0.4, 0.5) is 5.82 Å². The SMILES string of the molecule is Cc1cccc2c1nc1c3c(cccc32)C(C)(C)CC=N1. The highest BCUT2D eigenvalue weighted by Gasteiger charge is 2.26. The van der Waals surface area contributed by atoms with Gasteiger partial charge in [-0.05, 0) is 35.3 Å². The third-order valence-electron chi connectivity index (χ3n) is 4.58. The van der Waals surface area contributed by atoms with Crippen LogP contribution in [0.3, 0.4) is 0 Å². The number of benzene rings is 2. The van der Waals surface area contributed by atoms with Crippen LogP contribution in [-0.2, 0) is 5.41 Å². The van der Waals surface area contributed by atoms with Gasteiger partial charge in [0.1, 0.15) is 0 Å². The Hall–Kier alpha value is -2.22. The van der Waals surface area contributed by atoms with E-state index in [9.17, 15) is 0 Å². The molecule has 1 aliphatic heterocycles. The number of aromatic nitrogens is 1. The average Bonchev–Trinajstić information content (AvgIpc) is 2.59. The predicted molar refractivity (Wildman–Crippen MR) is 89.8 cm³/mol. The van der Waals surface area contributed by atoms with Crippen LogP contribution in [0.1, 0.15) is 31.4 Å². The number of fused-ring (bicyclic) bond motifs is 2. The number of rotatable bonds is 0. The normalized spacial score (nSPS) is 16.3. The second-order valence-electron chi connectivity index (χ2n) is 6.53. The molecule has 2 heteroatoms. The summed E-state index contributed by atoms with van der Waals surface area (Å²) in [6.07, 6.45) is 2.96. The lowest BCUT2D eigenvalue weighted by atomic mass is 9.80. The lowest BCUT2D eigenvalue weighted by molar-refractivity contribution is 0.561. The Labute approximate surface area is 124 Å². The summed E-state index contributed by atoms with van der Waals surface area (Å²) < 4.78 is 0. The molecule has 2 nitrogen and oxygen atoms in total. The van der Waals surface area contributed by atoms with E-state index in [2.05, 4.69) is 62.2 Å². The van der Waals surface area contributed by atoms with Gasteiger partial charge in [0.25, 0.3) is 0 Å². The summed E-state index contributed by atoms with van der Waals surface area (Å²) in [4.78, 5) is 9.52. The van der Waals surface area contributed by atoms with Crippen LogP contribution in [0.15, 0.2) is 41.4 Å². The minimum Gasteiger partial charge on any atom is -0.241 e. The molecule has 0 amide bonds. The lowest BCUT2D eigenvalue weighted by Crippen LogP contribution is -2.17. The molecule has 0 aliphatic carbocycles. The van der Waals surface area contributed by atoms with E-state index in [0.717, 1.165) is 17.8 Å². The fourth-order valence-electron chi connectivity index (χ4n) is 3.33. The van der Waals surface area contributed by atoms with E-state index < -0.39 is 0 Å². The summed E-state index contributed by atoms with van der Waals surface area (Å²) in [5.74, 6) is 0.868. The summed E-state index contributed by atoms with van der Waals surface area (Å²) in [6.45, 7) is 6.68. The van der Waals surface area contributed by atoms with E-state index in [1.54, 1.807) is 0 Å². The first-order valence-electron chi connectivity index (χ1n) is 7.43. The second kappa shape index (κ2) is 4.14. The molecule has 0 spiro atoms. The van der Waals surface area contributed by atoms with Gasteiger partial charge in [0.2, 0.25) is 0 Å². The van der Waals surface area contributed by atoms with Crippen LogP contribution in [0, 0.1) is 6.92 Å². The standard InChI is InChI=1S/C19H18N2/c1-12-6-4-8-14-13-7-5-9-15-16(13)18(21-17(12)14)20-11-10-19(15,2)3/h4-9,11H,10H2,1-3H3. The van der Waals surface area contributed by atoms with Gasteiger partial charge in [0.15, 0.2) is 5.82 Å². The van der Waals surface area contributed by atoms with E-state index in [0.29, 0.717) is 0 Å². The molecule has 0 bridgehead atoms. The van der Waals surface area contributed by atoms with Crippen molar-refractivity contribution in [1.82, 2.24) is 4.98 Å². The fraction of sp³-hybridized carbons (Fsp3) is 0.263. The number of aryl methyl sites for hydroxylation is 1. The second-order valence-corrected chi connectivity index (χ2v) is 6.53. The van der Waals surface area contributed by atoms with Gasteiger partial charge in [0.05, 0.1) is 5.52 Å². The Balaban J connectivity index is 2.29. The number of aliphatic imine (C=N–C) groups is 1. The molecular weight excluding hydrogens is 256 g/mol. The summed E-state index contributed by atoms with van der Waals surface area (Å²) in [5.41, 5.74) is 3.71. The zero-order valence-electron chi connectivity index (χ0n) is 12.6. The summed E-state index contributed by atoms with van der Waals surface area (Å²) in [5, 5.41) is 3.71. The topological polar surface area (TPSA) is 25.2 Å². The lowest BCUT2D eigenvalue weighted by Gasteiger charge is -2.24. The van der Waals surface area contributed by atoms with E-state index in [4.69, 9.17) is 4.98 Å². The van der Waals surface area contributed by atoms with Crippen LogP contribution in [0.2, 0.25) is 0 Å². The van der Waals surface area contributed by atoms with Gasteiger partial charge in [-0.1, -0.05) is 50.2 Å². The minimum atomic E-state index is 0.0907. The maximum atomic E-state index is 4.86. The van der Waals surface area contributed by atoms with Gasteiger partial charge < -0.3 is 0 Å². The quantitative estimate of drug-likeness (QED) is 0.525. The van der Waals surface area contributed by atoms with Crippen molar-refractivity contribution in [2.75, 3.05) is 0 Å². The van der Waals surface area contributed by atoms with Crippen molar-refractivity contribution in [3.63, 3.8) is 0 Å². The van der Waals surface area contributed by atoms with Gasteiger partial charge in [-0.25, -0.2) is 9.98 Å². The van der Waals surface area contributed by atoms with Gasteiger partial charge in [0, 0.05) is 17.0 Å². The van der Waals surface area contributed by atoms with Crippen molar-refractivity contribution in [2.24, 2.45) is 4.99 Å². The molecule has 1 aromatic heterocycles. The zero-order chi connectivity index (χ0) is 14.6. The molecule has 0 radical (unpaired) electrons. The van der Waals surface area contributed by atoms with Crippen LogP contribution in [-0.4, -0.2) is 11.2 Å². The molecule has 0 unspecified atom stereocenters. The van der Waals surface area contributed by atoms with E-state index >= 15 is 0 Å². The Kier molecular flexibility index (Phi) is 2.47. The first kappa shape index (κ1) is 12.5. The molecule has 4 rings (SSSR count). The molecule has 0 N–H and O–H groups in total. The van der Waals surface area contributed by atoms with Crippen LogP contribution >= 0.6 is 0 Å². The van der Waals surface area contributed by atoms with E-state index in [-0.39, 0.29) is 5.41 Å². The first-order chi connectivity index (χ1) is 10.1. The predicted octanol–water partition coefficient (Wildman–Crippen LogP) is 5.08. The number of hydrogen-bond acceptors (Lipinski definition) is 2. The Morgan fingerprint density at radius 2 is 1.76 bits per heavy atom. The molecule has 0 saturated heterocycles. The third-order valence-corrected chi connectivity index (χ3v) is 4.58. The van der Waals surface area contributed by atoms with Crippen molar-refractivity contribution in [1.29, 1.82) is 0 Å². The molecule has 0 atom stereocenters. The van der Waals surface area contributed by atoms with Crippen molar-refractivity contribution in [3.8, 4) is 0 Å². The highest BCUT2D eigenvalue weighted by molar-refractivity contribution is 6.12. The Bertz CT molecular complexity index is 904. The molecule has 21 heavy (non-hydrogen) atoms. The monoisotopic (exact) mass is 274 g/mol. The molecule has 104 valence electrons. The average molecular weight is 274 g/mol. The highest BCUT2D eigenvalue weighted by Crippen LogP contribution is 2.41. The van der Waals surface area contributed by atoms with Crippen molar-refractivity contribution in [2.45, 2.75) is 32.6 Å². The largest absolute Gasteiger partial charge is 0.241 e. The molecule has 0 saturated carbocycles. The van der Waals surface area contributed by atoms with Crippen LogP contribution < -0.4 is 0 Å². The van der Waals surface area contributed by atoms with Gasteiger partial charge >= 0.3 is 0 Å². The molecule has 3 aromatic rings. The minimum absolute atomic E-state index is 0.0907. The zero-order valence-corrected chi connectivity index (χ0v) is 12.6. The van der Waals surface area contributed by atoms with Gasteiger partial charge in [-0.15, -0.1) is 0 Å². The molecule has 2 aromatic carbocycles. The van der Waals surface area contributed by atoms with Crippen LogP contribution in [0.25, 0.3) is 21.7 Å². The van der Waals surface area contributed by atoms with Crippen molar-refractivity contribution in [3.05, 3.63) is 47.5 Å². The maximum Gasteiger partial charge on any atom is 0.160 e. The van der Waals surface area contributed by atoms with E-state index in [1.165, 1.54) is 27.3 Å². The molecule has 1 aliphatic rings. The van der Waals surface area contributed by atoms with Crippen molar-refractivity contribution < 1.29 is 0 Å². The van der Waals surface area contributed by atoms with E-state index in [1.807, 2.05) is 6.21 Å². The first-order valence-corrected chi connectivity index (χ1v) is 7.43. The maximum absolute atomic E-state index is 4.86. The Morgan fingerprint density at radius 1 is 1.00 bits per heavy atom. The highest BCUT2D eigenvalue weighted by atomic mass is 14.9. The summed E-state index contributed by atoms with van der Waals surface area (Å²) in [7, 11) is 0. The van der Waals surface area contributed by atoms with Gasteiger partial charge in [-0.2, -0.15) is 0 Å². The number of nitrogens with zero attached hydrogens (tertiary/aromatic N) is 2. The number of hydrogen-bond donors (Lipinski definition) is 0. The molecule has 2 heterocycles. The third kappa shape index (κ3) is 1.72. The number of para-hydroxylation sites is 1. The fourth-order valence-corrected chi connectivity index (χ4v) is 3.33. The number of pyridine rings is 1. The smallest absolute Gasteiger partial charge is 0.160 e. The molecule has 0 fully saturated rings. The summed E-state index contributed by atoms with van der Waals surface area (Å²) in [6, 6.07) is 13.0. The van der Waals surface area contributed by atoms with Gasteiger partial charge in [-0.3, -0.25) is 0 Å². The van der Waals surface area contributed by atoms with Crippen LogP contribution in [0.5, 0.6) is 0 Å².